The Morgan fingerprint density at radius 3 is 2.17 bits per heavy atom. The summed E-state index contributed by atoms with van der Waals surface area (Å²) >= 11 is 0. The lowest BCUT2D eigenvalue weighted by Gasteiger charge is -2.19. The summed E-state index contributed by atoms with van der Waals surface area (Å²) in [6.45, 7) is 2.08. The van der Waals surface area contributed by atoms with Gasteiger partial charge in [-0.05, 0) is 60.2 Å². The minimum absolute atomic E-state index is 0.0278. The highest BCUT2D eigenvalue weighted by Gasteiger charge is 2.36. The van der Waals surface area contributed by atoms with E-state index in [-0.39, 0.29) is 22.1 Å². The van der Waals surface area contributed by atoms with Gasteiger partial charge in [0.25, 0.3) is 0 Å². The van der Waals surface area contributed by atoms with E-state index in [0.29, 0.717) is 6.07 Å². The number of fused-ring (bicyclic) bond motifs is 1. The molecule has 0 fully saturated rings. The molecule has 0 radical (unpaired) electrons. The van der Waals surface area contributed by atoms with Crippen molar-refractivity contribution in [3.63, 3.8) is 0 Å². The van der Waals surface area contributed by atoms with Crippen LogP contribution in [0.2, 0.25) is 0 Å². The highest BCUT2D eigenvalue weighted by Crippen LogP contribution is 2.37. The number of rotatable bonds is 7. The number of benzene rings is 3. The third-order valence-electron chi connectivity index (χ3n) is 4.84. The molecule has 0 spiro atoms. The van der Waals surface area contributed by atoms with Crippen LogP contribution in [0.3, 0.4) is 0 Å². The maximum atomic E-state index is 14.5. The Balaban J connectivity index is 1.80. The first kappa shape index (κ1) is 22.0. The van der Waals surface area contributed by atoms with Crippen LogP contribution in [0, 0.1) is 5.82 Å². The fraction of sp³-hybridized carbons (Fsp3) is 0.304. The van der Waals surface area contributed by atoms with E-state index >= 15 is 0 Å². The van der Waals surface area contributed by atoms with Gasteiger partial charge in [-0.1, -0.05) is 38.0 Å². The van der Waals surface area contributed by atoms with Gasteiger partial charge in [-0.15, -0.1) is 0 Å². The van der Waals surface area contributed by atoms with Gasteiger partial charge >= 0.3 is 12.3 Å². The van der Waals surface area contributed by atoms with Gasteiger partial charge in [0.1, 0.15) is 11.6 Å². The second-order valence-electron chi connectivity index (χ2n) is 7.08. The van der Waals surface area contributed by atoms with Crippen LogP contribution < -0.4 is 4.74 Å². The topological polar surface area (TPSA) is 9.23 Å². The summed E-state index contributed by atoms with van der Waals surface area (Å²) < 4.78 is 86.5. The maximum absolute atomic E-state index is 14.5. The Morgan fingerprint density at radius 1 is 0.833 bits per heavy atom. The van der Waals surface area contributed by atoms with Gasteiger partial charge < -0.3 is 4.74 Å². The Labute approximate surface area is 170 Å². The van der Waals surface area contributed by atoms with Gasteiger partial charge in [-0.2, -0.15) is 22.0 Å². The second-order valence-corrected chi connectivity index (χ2v) is 7.08. The predicted molar refractivity (Wildman–Crippen MR) is 103 cm³/mol. The summed E-state index contributed by atoms with van der Waals surface area (Å²) in [5, 5.41) is -0.294. The van der Waals surface area contributed by atoms with Gasteiger partial charge in [0.05, 0.1) is 11.1 Å². The van der Waals surface area contributed by atoms with Crippen molar-refractivity contribution in [2.45, 2.75) is 44.9 Å². The molecule has 0 aliphatic carbocycles. The molecule has 0 heterocycles. The van der Waals surface area contributed by atoms with Crippen molar-refractivity contribution >= 4 is 10.8 Å². The number of halogens is 6. The predicted octanol–water partition coefficient (Wildman–Crippen LogP) is 7.86. The summed E-state index contributed by atoms with van der Waals surface area (Å²) in [7, 11) is 0. The average Bonchev–Trinajstić information content (AvgIpc) is 2.67. The minimum atomic E-state index is -4.84. The number of unbranched alkanes of at least 4 members (excludes halogenated alkanes) is 2. The first-order chi connectivity index (χ1) is 14.1. The molecule has 0 amide bonds. The molecule has 0 aliphatic heterocycles. The van der Waals surface area contributed by atoms with E-state index in [0.717, 1.165) is 55.5 Å². The van der Waals surface area contributed by atoms with Crippen LogP contribution in [0.1, 0.15) is 42.9 Å². The van der Waals surface area contributed by atoms with Crippen LogP contribution in [-0.2, 0) is 18.7 Å². The van der Waals surface area contributed by atoms with Crippen LogP contribution in [0.5, 0.6) is 5.75 Å². The number of hydrogen-bond donors (Lipinski definition) is 0. The van der Waals surface area contributed by atoms with Crippen molar-refractivity contribution in [3.05, 3.63) is 77.1 Å². The van der Waals surface area contributed by atoms with Gasteiger partial charge in [0, 0.05) is 5.39 Å². The van der Waals surface area contributed by atoms with Gasteiger partial charge in [0.2, 0.25) is 0 Å². The third-order valence-corrected chi connectivity index (χ3v) is 4.84. The zero-order valence-electron chi connectivity index (χ0n) is 16.2. The van der Waals surface area contributed by atoms with Crippen LogP contribution in [0.4, 0.5) is 26.3 Å². The van der Waals surface area contributed by atoms with Crippen LogP contribution in [0.15, 0.2) is 54.6 Å². The van der Waals surface area contributed by atoms with Crippen LogP contribution in [0.25, 0.3) is 10.8 Å². The lowest BCUT2D eigenvalue weighted by molar-refractivity contribution is -0.185. The summed E-state index contributed by atoms with van der Waals surface area (Å²) in [4.78, 5) is 0. The molecule has 3 aromatic rings. The summed E-state index contributed by atoms with van der Waals surface area (Å²) in [6, 6.07) is 10.5. The van der Waals surface area contributed by atoms with Gasteiger partial charge in [0.15, 0.2) is 0 Å². The molecule has 1 nitrogen and oxygen atoms in total. The van der Waals surface area contributed by atoms with Crippen LogP contribution >= 0.6 is 0 Å². The Morgan fingerprint density at radius 2 is 1.53 bits per heavy atom. The molecule has 0 unspecified atom stereocenters. The molecule has 160 valence electrons. The van der Waals surface area contributed by atoms with E-state index in [1.165, 1.54) is 12.1 Å². The fourth-order valence-electron chi connectivity index (χ4n) is 3.20. The largest absolute Gasteiger partial charge is 0.429 e. The summed E-state index contributed by atoms with van der Waals surface area (Å²) in [5.74, 6) is -1.73. The molecule has 3 rings (SSSR count). The van der Waals surface area contributed by atoms with Crippen LogP contribution in [-0.4, -0.2) is 0 Å². The van der Waals surface area contributed by atoms with Crippen molar-refractivity contribution in [2.75, 3.05) is 0 Å². The quantitative estimate of drug-likeness (QED) is 0.276. The van der Waals surface area contributed by atoms with E-state index in [1.807, 2.05) is 0 Å². The lowest BCUT2D eigenvalue weighted by Crippen LogP contribution is -2.21. The molecule has 7 heteroatoms. The molecule has 30 heavy (non-hydrogen) atoms. The highest BCUT2D eigenvalue weighted by atomic mass is 19.4. The lowest BCUT2D eigenvalue weighted by atomic mass is 10.0. The minimum Gasteiger partial charge on any atom is -0.429 e. The van der Waals surface area contributed by atoms with E-state index < -0.39 is 23.7 Å². The molecular weight excluding hydrogens is 406 g/mol. The van der Waals surface area contributed by atoms with Crippen molar-refractivity contribution < 1.29 is 31.1 Å². The molecule has 3 aromatic carbocycles. The molecule has 0 aliphatic rings. The zero-order chi connectivity index (χ0) is 21.9. The highest BCUT2D eigenvalue weighted by molar-refractivity contribution is 5.85. The summed E-state index contributed by atoms with van der Waals surface area (Å²) in [5.41, 5.74) is -0.807. The van der Waals surface area contributed by atoms with E-state index in [4.69, 9.17) is 4.74 Å². The summed E-state index contributed by atoms with van der Waals surface area (Å²) in [6.07, 6.45) is -4.59. The second kappa shape index (κ2) is 8.58. The molecule has 0 saturated heterocycles. The molecule has 0 atom stereocenters. The maximum Gasteiger partial charge on any atom is 0.426 e. The van der Waals surface area contributed by atoms with Gasteiger partial charge in [-0.3, -0.25) is 0 Å². The van der Waals surface area contributed by atoms with Crippen molar-refractivity contribution in [3.8, 4) is 5.75 Å². The van der Waals surface area contributed by atoms with E-state index in [1.54, 1.807) is 12.1 Å². The van der Waals surface area contributed by atoms with Gasteiger partial charge in [-0.25, -0.2) is 4.39 Å². The number of hydrogen-bond acceptors (Lipinski definition) is 1. The number of ether oxygens (including phenoxy) is 1. The fourth-order valence-corrected chi connectivity index (χ4v) is 3.20. The standard InChI is InChI=1S/C23H20F6O/c1-2-3-4-5-15-6-9-17(10-7-15)23(28,29)30-18-11-12-19-16(14-18)8-13-20(21(19)24)22(25,26)27/h6-14H,2-5H2,1H3. The number of alkyl halides is 5. The monoisotopic (exact) mass is 426 g/mol. The first-order valence-electron chi connectivity index (χ1n) is 9.57. The number of aryl methyl sites for hydroxylation is 1. The van der Waals surface area contributed by atoms with E-state index in [9.17, 15) is 26.3 Å². The Kier molecular flexibility index (Phi) is 6.29. The normalized spacial score (nSPS) is 12.4. The molecular formula is C23H20F6O. The SMILES string of the molecule is CCCCCc1ccc(C(F)(F)Oc2ccc3c(F)c(C(F)(F)F)ccc3c2)cc1. The molecule has 0 bridgehead atoms. The molecule has 0 aromatic heterocycles. The van der Waals surface area contributed by atoms with E-state index in [2.05, 4.69) is 6.92 Å². The first-order valence-corrected chi connectivity index (χ1v) is 9.57. The van der Waals surface area contributed by atoms with Crippen molar-refractivity contribution in [1.29, 1.82) is 0 Å². The van der Waals surface area contributed by atoms with Crippen molar-refractivity contribution in [1.82, 2.24) is 0 Å². The third kappa shape index (κ3) is 4.89. The zero-order valence-corrected chi connectivity index (χ0v) is 16.2. The van der Waals surface area contributed by atoms with Crippen molar-refractivity contribution in [2.24, 2.45) is 0 Å². The Hall–Kier alpha value is -2.70. The smallest absolute Gasteiger partial charge is 0.426 e. The average molecular weight is 426 g/mol. The molecule has 0 N–H and O–H groups in total. The Bertz CT molecular complexity index is 1010. The molecule has 0 saturated carbocycles.